The molecule has 0 aromatic carbocycles. The minimum absolute atomic E-state index is 0.666. The van der Waals surface area contributed by atoms with E-state index in [0.717, 1.165) is 6.92 Å². The number of aliphatic hydroxyl groups is 6. The largest absolute Gasteiger partial charge is 0.397 e. The van der Waals surface area contributed by atoms with Gasteiger partial charge >= 0.3 is 10.4 Å². The molecule has 2 saturated heterocycles. The summed E-state index contributed by atoms with van der Waals surface area (Å²) in [4.78, 5) is 11.3. The molecule has 10 atom stereocenters. The molecule has 16 heteroatoms. The summed E-state index contributed by atoms with van der Waals surface area (Å²) in [7, 11) is -4.94. The Morgan fingerprint density at radius 2 is 1.63 bits per heavy atom. The van der Waals surface area contributed by atoms with E-state index in [9.17, 15) is 43.9 Å². The van der Waals surface area contributed by atoms with Crippen molar-refractivity contribution >= 4 is 16.3 Å². The first-order valence-electron chi connectivity index (χ1n) is 8.72. The molecular formula is C14H25NO14S. The molecule has 2 rings (SSSR count). The Hall–Kier alpha value is -1.02. The first kappa shape index (κ1) is 25.2. The zero-order valence-electron chi connectivity index (χ0n) is 15.6. The Morgan fingerprint density at radius 1 is 1.00 bits per heavy atom. The Bertz CT molecular complexity index is 688. The van der Waals surface area contributed by atoms with Gasteiger partial charge in [0.15, 0.2) is 12.6 Å². The van der Waals surface area contributed by atoms with Crippen LogP contribution in [0.1, 0.15) is 6.92 Å². The minimum atomic E-state index is -4.94. The maximum absolute atomic E-state index is 11.3. The first-order valence-corrected chi connectivity index (χ1v) is 10.1. The lowest BCUT2D eigenvalue weighted by Gasteiger charge is -2.46. The third-order valence-corrected chi connectivity index (χ3v) is 5.02. The van der Waals surface area contributed by atoms with E-state index in [2.05, 4.69) is 9.50 Å². The van der Waals surface area contributed by atoms with Crippen molar-refractivity contribution in [2.24, 2.45) is 0 Å². The Balaban J connectivity index is 2.25. The molecule has 0 radical (unpaired) electrons. The second-order valence-electron chi connectivity index (χ2n) is 6.79. The van der Waals surface area contributed by atoms with E-state index in [-0.39, 0.29) is 0 Å². The molecule has 8 N–H and O–H groups in total. The van der Waals surface area contributed by atoms with E-state index in [1.807, 2.05) is 0 Å². The van der Waals surface area contributed by atoms with Crippen LogP contribution in [0.5, 0.6) is 0 Å². The van der Waals surface area contributed by atoms with Gasteiger partial charge in [0.05, 0.1) is 13.2 Å². The second kappa shape index (κ2) is 10.1. The average Bonchev–Trinajstić information content (AvgIpc) is 2.65. The van der Waals surface area contributed by atoms with Crippen LogP contribution in [0.2, 0.25) is 0 Å². The van der Waals surface area contributed by atoms with Crippen LogP contribution in [0, 0.1) is 0 Å². The van der Waals surface area contributed by atoms with E-state index in [4.69, 9.17) is 18.8 Å². The molecule has 176 valence electrons. The molecule has 2 aliphatic heterocycles. The molecule has 15 nitrogen and oxygen atoms in total. The van der Waals surface area contributed by atoms with Crippen LogP contribution in [0.15, 0.2) is 0 Å². The predicted molar refractivity (Wildman–Crippen MR) is 90.6 cm³/mol. The van der Waals surface area contributed by atoms with Crippen molar-refractivity contribution in [2.75, 3.05) is 13.2 Å². The van der Waals surface area contributed by atoms with Crippen LogP contribution in [-0.4, -0.2) is 124 Å². The van der Waals surface area contributed by atoms with E-state index >= 15 is 0 Å². The van der Waals surface area contributed by atoms with Crippen molar-refractivity contribution in [1.29, 1.82) is 0 Å². The molecule has 2 aliphatic rings. The van der Waals surface area contributed by atoms with Crippen LogP contribution >= 0.6 is 0 Å². The topological polar surface area (TPSA) is 242 Å². The van der Waals surface area contributed by atoms with Crippen molar-refractivity contribution in [1.82, 2.24) is 5.32 Å². The molecule has 0 aromatic rings. The number of carbonyl (C=O) groups is 1. The quantitative estimate of drug-likeness (QED) is 0.164. The Morgan fingerprint density at radius 3 is 2.17 bits per heavy atom. The summed E-state index contributed by atoms with van der Waals surface area (Å²) in [5, 5.41) is 61.8. The van der Waals surface area contributed by atoms with Gasteiger partial charge in [0.1, 0.15) is 48.8 Å². The molecule has 30 heavy (non-hydrogen) atoms. The van der Waals surface area contributed by atoms with Gasteiger partial charge in [-0.05, 0) is 0 Å². The summed E-state index contributed by atoms with van der Waals surface area (Å²) in [6.45, 7) is -0.640. The Kier molecular flexibility index (Phi) is 8.47. The van der Waals surface area contributed by atoms with Crippen molar-refractivity contribution < 1.29 is 66.8 Å². The lowest BCUT2D eigenvalue weighted by Crippen LogP contribution is -2.67. The summed E-state index contributed by atoms with van der Waals surface area (Å²) in [6, 6.07) is -1.46. The highest BCUT2D eigenvalue weighted by atomic mass is 32.3. The highest BCUT2D eigenvalue weighted by molar-refractivity contribution is 7.80. The number of rotatable bonds is 7. The van der Waals surface area contributed by atoms with Gasteiger partial charge < -0.3 is 50.2 Å². The van der Waals surface area contributed by atoms with E-state index in [1.165, 1.54) is 0 Å². The number of hydrogen-bond donors (Lipinski definition) is 8. The molecule has 0 saturated carbocycles. The van der Waals surface area contributed by atoms with Gasteiger partial charge in [-0.1, -0.05) is 0 Å². The normalized spacial score (nSPS) is 42.7. The highest BCUT2D eigenvalue weighted by Crippen LogP contribution is 2.29. The molecule has 2 heterocycles. The molecule has 2 fully saturated rings. The van der Waals surface area contributed by atoms with E-state index < -0.39 is 90.9 Å². The van der Waals surface area contributed by atoms with Gasteiger partial charge in [0.2, 0.25) is 5.91 Å². The second-order valence-corrected chi connectivity index (χ2v) is 7.88. The fraction of sp³-hybridized carbons (Fsp3) is 0.929. The SMILES string of the molecule is CC(=O)N[C@H]1[C@H](O)[C@H](O[C@@H]2OC(CO)[C@@H](O)[C@H](O)[C@@H]2O)C(COS(=O)(=O)O)O[C@H]1O. The third kappa shape index (κ3) is 6.02. The number of amides is 1. The molecular weight excluding hydrogens is 438 g/mol. The lowest BCUT2D eigenvalue weighted by atomic mass is 9.95. The number of aliphatic hydroxyl groups excluding tert-OH is 6. The maximum atomic E-state index is 11.3. The third-order valence-electron chi connectivity index (χ3n) is 4.58. The van der Waals surface area contributed by atoms with Crippen LogP contribution in [-0.2, 0) is 33.6 Å². The molecule has 0 aromatic heterocycles. The molecule has 1 amide bonds. The molecule has 0 bridgehead atoms. The van der Waals surface area contributed by atoms with E-state index in [1.54, 1.807) is 0 Å². The maximum Gasteiger partial charge on any atom is 0.397 e. The summed E-state index contributed by atoms with van der Waals surface area (Å²) >= 11 is 0. The number of nitrogens with one attached hydrogen (secondary N) is 1. The number of carbonyl (C=O) groups excluding carboxylic acids is 1. The van der Waals surface area contributed by atoms with Crippen molar-refractivity contribution in [3.05, 3.63) is 0 Å². The van der Waals surface area contributed by atoms with Crippen molar-refractivity contribution in [2.45, 2.75) is 68.3 Å². The van der Waals surface area contributed by atoms with Gasteiger partial charge in [-0.15, -0.1) is 0 Å². The van der Waals surface area contributed by atoms with Crippen LogP contribution in [0.3, 0.4) is 0 Å². The zero-order chi connectivity index (χ0) is 22.8. The van der Waals surface area contributed by atoms with Gasteiger partial charge in [-0.2, -0.15) is 8.42 Å². The fourth-order valence-corrected chi connectivity index (χ4v) is 3.42. The van der Waals surface area contributed by atoms with Crippen LogP contribution in [0.25, 0.3) is 0 Å². The standard InChI is InChI=1S/C14H25NO14S/c1-4(17)15-7-9(19)12(6(27-13(7)22)3-26-30(23,24)25)29-14-11(21)10(20)8(18)5(2-16)28-14/h5-14,16,18-22H,2-3H2,1H3,(H,15,17)(H,23,24,25)/t5?,6?,7-,8+,9-,10-,11-,12+,13+,14-/m0/s1. The van der Waals surface area contributed by atoms with Crippen LogP contribution in [0.4, 0.5) is 0 Å². The number of ether oxygens (including phenoxy) is 3. The van der Waals surface area contributed by atoms with Crippen molar-refractivity contribution in [3.63, 3.8) is 0 Å². The average molecular weight is 463 g/mol. The predicted octanol–water partition coefficient (Wildman–Crippen LogP) is -5.43. The Labute approximate surface area is 170 Å². The van der Waals surface area contributed by atoms with E-state index in [0.29, 0.717) is 0 Å². The number of hydrogen-bond acceptors (Lipinski definition) is 13. The smallest absolute Gasteiger partial charge is 0.394 e. The first-order chi connectivity index (χ1) is 13.9. The lowest BCUT2D eigenvalue weighted by molar-refractivity contribution is -0.344. The van der Waals surface area contributed by atoms with Gasteiger partial charge in [-0.25, -0.2) is 4.18 Å². The molecule has 0 aliphatic carbocycles. The highest BCUT2D eigenvalue weighted by Gasteiger charge is 2.51. The zero-order valence-corrected chi connectivity index (χ0v) is 16.4. The molecule has 2 unspecified atom stereocenters. The fourth-order valence-electron chi connectivity index (χ4n) is 3.12. The van der Waals surface area contributed by atoms with Crippen molar-refractivity contribution in [3.8, 4) is 0 Å². The summed E-state index contributed by atoms with van der Waals surface area (Å²) in [5.74, 6) is -0.666. The van der Waals surface area contributed by atoms with Gasteiger partial charge in [0.25, 0.3) is 0 Å². The van der Waals surface area contributed by atoms with Gasteiger partial charge in [-0.3, -0.25) is 9.35 Å². The van der Waals surface area contributed by atoms with Gasteiger partial charge in [0, 0.05) is 6.92 Å². The minimum Gasteiger partial charge on any atom is -0.394 e. The summed E-state index contributed by atoms with van der Waals surface area (Å²) < 4.78 is 50.3. The van der Waals surface area contributed by atoms with Crippen LogP contribution < -0.4 is 5.32 Å². The monoisotopic (exact) mass is 463 g/mol. The molecule has 0 spiro atoms. The summed E-state index contributed by atoms with van der Waals surface area (Å²) in [5.41, 5.74) is 0. The summed E-state index contributed by atoms with van der Waals surface area (Å²) in [6.07, 6.45) is -15.3.